The Balaban J connectivity index is 1.40. The first-order valence-corrected chi connectivity index (χ1v) is 11.8. The van der Waals surface area contributed by atoms with Crippen LogP contribution in [0.4, 0.5) is 5.13 Å². The predicted octanol–water partition coefficient (Wildman–Crippen LogP) is 7.44. The van der Waals surface area contributed by atoms with E-state index in [-0.39, 0.29) is 12.0 Å². The molecule has 1 aliphatic rings. The standard InChI is InChI=1S/C25H18Cl2N2O2S/c26-19-7-9-23(21(27)14-19)31-22-8-6-15-4-5-17(13-20(15)22)16-2-1-3-18(12-16)24(30)29-25-28-10-11-32-25/h1-5,7,9-14,22H,6,8H2,(H,28,29,30). The van der Waals surface area contributed by atoms with E-state index in [9.17, 15) is 4.79 Å². The summed E-state index contributed by atoms with van der Waals surface area (Å²) in [4.78, 5) is 16.7. The number of hydrogen-bond donors (Lipinski definition) is 1. The van der Waals surface area contributed by atoms with Crippen molar-refractivity contribution in [3.63, 3.8) is 0 Å². The lowest BCUT2D eigenvalue weighted by Crippen LogP contribution is -2.11. The number of ether oxygens (including phenoxy) is 1. The van der Waals surface area contributed by atoms with Gasteiger partial charge in [-0.05, 0) is 71.5 Å². The van der Waals surface area contributed by atoms with Crippen LogP contribution in [0.2, 0.25) is 10.0 Å². The fourth-order valence-electron chi connectivity index (χ4n) is 3.88. The number of carbonyl (C=O) groups excluding carboxylic acids is 1. The maximum absolute atomic E-state index is 12.6. The fraction of sp³-hybridized carbons (Fsp3) is 0.120. The van der Waals surface area contributed by atoms with Crippen molar-refractivity contribution in [2.24, 2.45) is 0 Å². The highest BCUT2D eigenvalue weighted by Gasteiger charge is 2.25. The Kier molecular flexibility index (Phi) is 5.87. The average molecular weight is 481 g/mol. The van der Waals surface area contributed by atoms with Crippen LogP contribution in [0, 0.1) is 0 Å². The first-order chi connectivity index (χ1) is 15.6. The number of aryl methyl sites for hydroxylation is 1. The Bertz CT molecular complexity index is 1290. The van der Waals surface area contributed by atoms with Gasteiger partial charge in [-0.2, -0.15) is 0 Å². The summed E-state index contributed by atoms with van der Waals surface area (Å²) in [5, 5.41) is 6.32. The van der Waals surface area contributed by atoms with Crippen molar-refractivity contribution in [1.82, 2.24) is 4.98 Å². The Labute approximate surface area is 199 Å². The summed E-state index contributed by atoms with van der Waals surface area (Å²) in [6.07, 6.45) is 3.41. The predicted molar refractivity (Wildman–Crippen MR) is 130 cm³/mol. The highest BCUT2D eigenvalue weighted by molar-refractivity contribution is 7.13. The van der Waals surface area contributed by atoms with Gasteiger partial charge in [-0.15, -0.1) is 11.3 Å². The lowest BCUT2D eigenvalue weighted by Gasteiger charge is -2.17. The number of nitrogens with one attached hydrogen (secondary N) is 1. The van der Waals surface area contributed by atoms with E-state index >= 15 is 0 Å². The van der Waals surface area contributed by atoms with Gasteiger partial charge in [0.25, 0.3) is 5.91 Å². The van der Waals surface area contributed by atoms with Crippen molar-refractivity contribution in [1.29, 1.82) is 0 Å². The molecule has 3 aromatic carbocycles. The van der Waals surface area contributed by atoms with Gasteiger partial charge in [-0.25, -0.2) is 4.98 Å². The number of aromatic nitrogens is 1. The second kappa shape index (κ2) is 8.94. The zero-order valence-corrected chi connectivity index (χ0v) is 19.2. The van der Waals surface area contributed by atoms with E-state index in [1.807, 2.05) is 23.6 Å². The minimum Gasteiger partial charge on any atom is -0.484 e. The van der Waals surface area contributed by atoms with Crippen LogP contribution in [0.3, 0.4) is 0 Å². The Morgan fingerprint density at radius 2 is 1.94 bits per heavy atom. The third-order valence-corrected chi connectivity index (χ3v) is 6.66. The highest BCUT2D eigenvalue weighted by Crippen LogP contribution is 2.39. The largest absolute Gasteiger partial charge is 0.484 e. The lowest BCUT2D eigenvalue weighted by atomic mass is 9.98. The van der Waals surface area contributed by atoms with Crippen LogP contribution < -0.4 is 10.1 Å². The van der Waals surface area contributed by atoms with Crippen LogP contribution in [-0.2, 0) is 6.42 Å². The molecule has 1 atom stereocenters. The molecular formula is C25H18Cl2N2O2S. The fourth-order valence-corrected chi connectivity index (χ4v) is 4.86. The first-order valence-electron chi connectivity index (χ1n) is 10.1. The number of carbonyl (C=O) groups is 1. The number of benzene rings is 3. The number of hydrogen-bond acceptors (Lipinski definition) is 4. The molecule has 0 saturated carbocycles. The average Bonchev–Trinajstić information content (AvgIpc) is 3.45. The number of thiazole rings is 1. The van der Waals surface area contributed by atoms with Crippen molar-refractivity contribution >= 4 is 45.6 Å². The molecule has 1 aliphatic carbocycles. The Morgan fingerprint density at radius 3 is 2.75 bits per heavy atom. The van der Waals surface area contributed by atoms with Gasteiger partial charge in [-0.1, -0.05) is 47.5 Å². The second-order valence-electron chi connectivity index (χ2n) is 7.51. The molecular weight excluding hydrogens is 463 g/mol. The molecule has 0 radical (unpaired) electrons. The Morgan fingerprint density at radius 1 is 1.06 bits per heavy atom. The summed E-state index contributed by atoms with van der Waals surface area (Å²) in [6.45, 7) is 0. The maximum Gasteiger partial charge on any atom is 0.257 e. The van der Waals surface area contributed by atoms with E-state index in [0.29, 0.717) is 26.5 Å². The minimum atomic E-state index is -0.179. The third-order valence-electron chi connectivity index (χ3n) is 5.44. The molecule has 0 fully saturated rings. The molecule has 160 valence electrons. The smallest absolute Gasteiger partial charge is 0.257 e. The third kappa shape index (κ3) is 4.37. The molecule has 32 heavy (non-hydrogen) atoms. The molecule has 5 rings (SSSR count). The maximum atomic E-state index is 12.6. The lowest BCUT2D eigenvalue weighted by molar-refractivity contribution is 0.102. The number of amides is 1. The minimum absolute atomic E-state index is 0.0833. The number of fused-ring (bicyclic) bond motifs is 1. The first kappa shape index (κ1) is 21.0. The molecule has 1 amide bonds. The molecule has 0 aliphatic heterocycles. The van der Waals surface area contributed by atoms with Crippen LogP contribution >= 0.6 is 34.5 Å². The van der Waals surface area contributed by atoms with Gasteiger partial charge in [0, 0.05) is 22.2 Å². The SMILES string of the molecule is O=C(Nc1nccs1)c1cccc(-c2ccc3c(c2)C(Oc2ccc(Cl)cc2Cl)CC3)c1. The molecule has 0 saturated heterocycles. The normalized spacial score (nSPS) is 14.8. The summed E-state index contributed by atoms with van der Waals surface area (Å²) in [5.41, 5.74) is 4.99. The van der Waals surface area contributed by atoms with Crippen molar-refractivity contribution in [2.45, 2.75) is 18.9 Å². The van der Waals surface area contributed by atoms with Crippen molar-refractivity contribution in [3.8, 4) is 16.9 Å². The van der Waals surface area contributed by atoms with Crippen LogP contribution in [0.25, 0.3) is 11.1 Å². The van der Waals surface area contributed by atoms with Crippen molar-refractivity contribution < 1.29 is 9.53 Å². The van der Waals surface area contributed by atoms with Gasteiger partial charge in [0.05, 0.1) is 5.02 Å². The number of nitrogens with zero attached hydrogens (tertiary/aromatic N) is 1. The van der Waals surface area contributed by atoms with Crippen LogP contribution in [-0.4, -0.2) is 10.9 Å². The monoisotopic (exact) mass is 480 g/mol. The van der Waals surface area contributed by atoms with Crippen LogP contribution in [0.15, 0.2) is 72.2 Å². The van der Waals surface area contributed by atoms with Gasteiger partial charge < -0.3 is 4.74 Å². The van der Waals surface area contributed by atoms with Gasteiger partial charge in [0.15, 0.2) is 5.13 Å². The van der Waals surface area contributed by atoms with E-state index < -0.39 is 0 Å². The quantitative estimate of drug-likeness (QED) is 0.322. The van der Waals surface area contributed by atoms with Crippen molar-refractivity contribution in [2.75, 3.05) is 5.32 Å². The number of anilines is 1. The van der Waals surface area contributed by atoms with E-state index in [0.717, 1.165) is 29.5 Å². The molecule has 1 heterocycles. The second-order valence-corrected chi connectivity index (χ2v) is 9.24. The van der Waals surface area contributed by atoms with E-state index in [4.69, 9.17) is 27.9 Å². The zero-order valence-electron chi connectivity index (χ0n) is 16.8. The van der Waals surface area contributed by atoms with Crippen molar-refractivity contribution in [3.05, 3.63) is 99.0 Å². The Hall–Kier alpha value is -2.86. The highest BCUT2D eigenvalue weighted by atomic mass is 35.5. The number of rotatable bonds is 5. The van der Waals surface area contributed by atoms with Crippen LogP contribution in [0.1, 0.15) is 34.0 Å². The molecule has 0 bridgehead atoms. The van der Waals surface area contributed by atoms with E-state index in [1.165, 1.54) is 16.9 Å². The molecule has 7 heteroatoms. The molecule has 1 unspecified atom stereocenters. The molecule has 0 spiro atoms. The summed E-state index contributed by atoms with van der Waals surface area (Å²) < 4.78 is 6.24. The molecule has 4 aromatic rings. The van der Waals surface area contributed by atoms with Gasteiger partial charge in [0.2, 0.25) is 0 Å². The molecule has 4 nitrogen and oxygen atoms in total. The van der Waals surface area contributed by atoms with Gasteiger partial charge in [0.1, 0.15) is 11.9 Å². The van der Waals surface area contributed by atoms with Crippen LogP contribution in [0.5, 0.6) is 5.75 Å². The molecule has 1 N–H and O–H groups in total. The number of halogens is 2. The zero-order chi connectivity index (χ0) is 22.1. The van der Waals surface area contributed by atoms with Gasteiger partial charge in [-0.3, -0.25) is 10.1 Å². The van der Waals surface area contributed by atoms with E-state index in [1.54, 1.807) is 30.5 Å². The summed E-state index contributed by atoms with van der Waals surface area (Å²) in [6, 6.07) is 19.2. The summed E-state index contributed by atoms with van der Waals surface area (Å²) in [5.74, 6) is 0.446. The molecule has 1 aromatic heterocycles. The van der Waals surface area contributed by atoms with E-state index in [2.05, 4.69) is 28.5 Å². The van der Waals surface area contributed by atoms with Gasteiger partial charge >= 0.3 is 0 Å². The topological polar surface area (TPSA) is 51.2 Å². The summed E-state index contributed by atoms with van der Waals surface area (Å²) in [7, 11) is 0. The summed E-state index contributed by atoms with van der Waals surface area (Å²) >= 11 is 13.7.